The molecule has 23 heavy (non-hydrogen) atoms. The maximum absolute atomic E-state index is 12.9. The number of hydrogen-bond acceptors (Lipinski definition) is 3. The van der Waals surface area contributed by atoms with Gasteiger partial charge in [-0.15, -0.1) is 0 Å². The van der Waals surface area contributed by atoms with Crippen molar-refractivity contribution in [3.63, 3.8) is 0 Å². The molecule has 1 heterocycles. The minimum absolute atomic E-state index is 0.0673. The van der Waals surface area contributed by atoms with Crippen LogP contribution in [0.15, 0.2) is 54.2 Å². The molecule has 3 rings (SSSR count). The van der Waals surface area contributed by atoms with Gasteiger partial charge in [0.1, 0.15) is 17.3 Å². The van der Waals surface area contributed by atoms with Gasteiger partial charge < -0.3 is 10.4 Å². The number of aromatic hydroxyl groups is 1. The molecule has 5 nitrogen and oxygen atoms in total. The van der Waals surface area contributed by atoms with Crippen molar-refractivity contribution in [1.82, 2.24) is 10.2 Å². The van der Waals surface area contributed by atoms with Crippen LogP contribution in [0.5, 0.6) is 5.75 Å². The van der Waals surface area contributed by atoms with Crippen molar-refractivity contribution in [1.29, 1.82) is 0 Å². The van der Waals surface area contributed by atoms with Crippen molar-refractivity contribution >= 4 is 18.0 Å². The number of phenols is 1. The zero-order chi connectivity index (χ0) is 16.4. The van der Waals surface area contributed by atoms with Gasteiger partial charge in [0.05, 0.1) is 6.54 Å². The molecule has 0 saturated carbocycles. The zero-order valence-electron chi connectivity index (χ0n) is 12.0. The van der Waals surface area contributed by atoms with Crippen LogP contribution in [0.25, 0.3) is 6.08 Å². The van der Waals surface area contributed by atoms with E-state index in [4.69, 9.17) is 0 Å². The van der Waals surface area contributed by atoms with Crippen LogP contribution < -0.4 is 5.32 Å². The Morgan fingerprint density at radius 1 is 1.04 bits per heavy atom. The molecule has 0 unspecified atom stereocenters. The summed E-state index contributed by atoms with van der Waals surface area (Å²) < 4.78 is 12.9. The van der Waals surface area contributed by atoms with Crippen LogP contribution in [-0.2, 0) is 11.3 Å². The molecule has 2 aromatic rings. The van der Waals surface area contributed by atoms with Crippen LogP contribution in [-0.4, -0.2) is 21.9 Å². The highest BCUT2D eigenvalue weighted by Crippen LogP contribution is 2.18. The molecule has 1 fully saturated rings. The van der Waals surface area contributed by atoms with E-state index in [0.717, 1.165) is 4.90 Å². The zero-order valence-corrected chi connectivity index (χ0v) is 12.0. The lowest BCUT2D eigenvalue weighted by atomic mass is 10.2. The Balaban J connectivity index is 1.79. The molecule has 1 saturated heterocycles. The Labute approximate surface area is 131 Å². The first-order valence-corrected chi connectivity index (χ1v) is 6.91. The molecule has 2 aromatic carbocycles. The Morgan fingerprint density at radius 2 is 1.70 bits per heavy atom. The van der Waals surface area contributed by atoms with Crippen LogP contribution in [0.4, 0.5) is 9.18 Å². The summed E-state index contributed by atoms with van der Waals surface area (Å²) in [5.74, 6) is -0.710. The average Bonchev–Trinajstić information content (AvgIpc) is 2.79. The molecule has 1 aliphatic heterocycles. The Morgan fingerprint density at radius 3 is 2.35 bits per heavy atom. The van der Waals surface area contributed by atoms with Gasteiger partial charge in [0.2, 0.25) is 0 Å². The average molecular weight is 312 g/mol. The lowest BCUT2D eigenvalue weighted by Gasteiger charge is -2.11. The number of hydrogen-bond donors (Lipinski definition) is 2. The number of halogens is 1. The number of phenolic OH excluding ortho intramolecular Hbond substituents is 1. The van der Waals surface area contributed by atoms with E-state index >= 15 is 0 Å². The minimum atomic E-state index is -0.524. The molecular formula is C17H13FN2O3. The Kier molecular flexibility index (Phi) is 3.80. The molecule has 0 spiro atoms. The van der Waals surface area contributed by atoms with Crippen molar-refractivity contribution in [2.75, 3.05) is 0 Å². The van der Waals surface area contributed by atoms with Gasteiger partial charge in [0.25, 0.3) is 5.91 Å². The largest absolute Gasteiger partial charge is 0.508 e. The van der Waals surface area contributed by atoms with Gasteiger partial charge in [0, 0.05) is 0 Å². The lowest BCUT2D eigenvalue weighted by Crippen LogP contribution is -2.30. The van der Waals surface area contributed by atoms with Gasteiger partial charge in [-0.1, -0.05) is 24.3 Å². The fourth-order valence-corrected chi connectivity index (χ4v) is 2.22. The van der Waals surface area contributed by atoms with Crippen LogP contribution in [0.2, 0.25) is 0 Å². The SMILES string of the molecule is O=C1N/C(=C/c2ccc(O)cc2)C(=O)N1Cc1ccc(F)cc1. The van der Waals surface area contributed by atoms with Crippen molar-refractivity contribution < 1.29 is 19.1 Å². The monoisotopic (exact) mass is 312 g/mol. The molecule has 0 radical (unpaired) electrons. The van der Waals surface area contributed by atoms with Gasteiger partial charge in [-0.2, -0.15) is 0 Å². The molecule has 3 amide bonds. The summed E-state index contributed by atoms with van der Waals surface area (Å²) >= 11 is 0. The number of amides is 3. The summed E-state index contributed by atoms with van der Waals surface area (Å²) in [5.41, 5.74) is 1.48. The molecule has 116 valence electrons. The third kappa shape index (κ3) is 3.21. The van der Waals surface area contributed by atoms with Gasteiger partial charge in [-0.05, 0) is 41.5 Å². The van der Waals surface area contributed by atoms with E-state index < -0.39 is 11.9 Å². The number of nitrogens with zero attached hydrogens (tertiary/aromatic N) is 1. The molecule has 0 aromatic heterocycles. The molecule has 1 aliphatic rings. The van der Waals surface area contributed by atoms with E-state index in [1.54, 1.807) is 12.1 Å². The maximum atomic E-state index is 12.9. The second kappa shape index (κ2) is 5.92. The molecule has 0 atom stereocenters. The van der Waals surface area contributed by atoms with E-state index in [1.807, 2.05) is 0 Å². The van der Waals surface area contributed by atoms with E-state index in [2.05, 4.69) is 5.32 Å². The first kappa shape index (κ1) is 14.8. The third-order valence-electron chi connectivity index (χ3n) is 3.42. The highest BCUT2D eigenvalue weighted by atomic mass is 19.1. The number of benzene rings is 2. The molecule has 6 heteroatoms. The summed E-state index contributed by atoms with van der Waals surface area (Å²) in [6.45, 7) is 0.0673. The summed E-state index contributed by atoms with van der Waals surface area (Å²) in [6, 6.07) is 11.3. The predicted molar refractivity (Wildman–Crippen MR) is 81.6 cm³/mol. The number of nitrogens with one attached hydrogen (secondary N) is 1. The normalized spacial score (nSPS) is 16.0. The second-order valence-corrected chi connectivity index (χ2v) is 5.10. The number of urea groups is 1. The fraction of sp³-hybridized carbons (Fsp3) is 0.0588. The van der Waals surface area contributed by atoms with Crippen LogP contribution >= 0.6 is 0 Å². The van der Waals surface area contributed by atoms with Crippen LogP contribution in [0, 0.1) is 5.82 Å². The number of carbonyl (C=O) groups is 2. The van der Waals surface area contributed by atoms with Gasteiger partial charge in [0.15, 0.2) is 0 Å². The van der Waals surface area contributed by atoms with Crippen molar-refractivity contribution in [3.8, 4) is 5.75 Å². The summed E-state index contributed by atoms with van der Waals surface area (Å²) in [6.07, 6.45) is 1.53. The molecular weight excluding hydrogens is 299 g/mol. The number of rotatable bonds is 3. The topological polar surface area (TPSA) is 69.6 Å². The fourth-order valence-electron chi connectivity index (χ4n) is 2.22. The van der Waals surface area contributed by atoms with Crippen LogP contribution in [0.1, 0.15) is 11.1 Å². The maximum Gasteiger partial charge on any atom is 0.329 e. The van der Waals surface area contributed by atoms with E-state index in [0.29, 0.717) is 11.1 Å². The van der Waals surface area contributed by atoms with Gasteiger partial charge in [-0.3, -0.25) is 9.69 Å². The van der Waals surface area contributed by atoms with E-state index in [-0.39, 0.29) is 23.8 Å². The van der Waals surface area contributed by atoms with Gasteiger partial charge >= 0.3 is 6.03 Å². The predicted octanol–water partition coefficient (Wildman–Crippen LogP) is 2.62. The molecule has 2 N–H and O–H groups in total. The number of carbonyl (C=O) groups excluding carboxylic acids is 2. The first-order chi connectivity index (χ1) is 11.0. The second-order valence-electron chi connectivity index (χ2n) is 5.10. The van der Waals surface area contributed by atoms with Crippen LogP contribution in [0.3, 0.4) is 0 Å². The molecule has 0 aliphatic carbocycles. The summed E-state index contributed by atoms with van der Waals surface area (Å²) in [5, 5.41) is 11.8. The smallest absolute Gasteiger partial charge is 0.329 e. The third-order valence-corrected chi connectivity index (χ3v) is 3.42. The lowest BCUT2D eigenvalue weighted by molar-refractivity contribution is -0.123. The standard InChI is InChI=1S/C17H13FN2O3/c18-13-5-1-12(2-6-13)10-20-16(22)15(19-17(20)23)9-11-3-7-14(21)8-4-11/h1-9,21H,10H2,(H,19,23)/b15-9+. The van der Waals surface area contributed by atoms with Crippen molar-refractivity contribution in [3.05, 3.63) is 71.2 Å². The Hall–Kier alpha value is -3.15. The summed E-state index contributed by atoms with van der Waals surface area (Å²) in [4.78, 5) is 25.3. The quantitative estimate of drug-likeness (QED) is 0.676. The van der Waals surface area contributed by atoms with E-state index in [9.17, 15) is 19.1 Å². The van der Waals surface area contributed by atoms with Crippen molar-refractivity contribution in [2.45, 2.75) is 6.54 Å². The minimum Gasteiger partial charge on any atom is -0.508 e. The Bertz CT molecular complexity index is 782. The highest BCUT2D eigenvalue weighted by molar-refractivity contribution is 6.13. The highest BCUT2D eigenvalue weighted by Gasteiger charge is 2.33. The van der Waals surface area contributed by atoms with Crippen molar-refractivity contribution in [2.24, 2.45) is 0 Å². The number of imide groups is 1. The first-order valence-electron chi connectivity index (χ1n) is 6.91. The van der Waals surface area contributed by atoms with E-state index in [1.165, 1.54) is 42.5 Å². The van der Waals surface area contributed by atoms with Gasteiger partial charge in [-0.25, -0.2) is 9.18 Å². The summed E-state index contributed by atoms with van der Waals surface area (Å²) in [7, 11) is 0. The molecule has 0 bridgehead atoms.